The molecule has 6 heteroatoms. The first-order valence-corrected chi connectivity index (χ1v) is 7.47. The van der Waals surface area contributed by atoms with Gasteiger partial charge in [-0.05, 0) is 21.0 Å². The second kappa shape index (κ2) is 7.47. The monoisotopic (exact) mass is 291 g/mol. The van der Waals surface area contributed by atoms with Crippen molar-refractivity contribution in [2.75, 3.05) is 46.8 Å². The molecular weight excluding hydrogens is 266 g/mol. The summed E-state index contributed by atoms with van der Waals surface area (Å²) in [7, 11) is 4.07. The molecule has 1 fully saturated rings. The molecule has 0 aromatic carbocycles. The lowest BCUT2D eigenvalue weighted by Gasteiger charge is -2.23. The Bertz CT molecular complexity index is 460. The van der Waals surface area contributed by atoms with Crippen LogP contribution >= 0.6 is 0 Å². The molecule has 6 nitrogen and oxygen atoms in total. The Morgan fingerprint density at radius 2 is 1.90 bits per heavy atom. The second-order valence-corrected chi connectivity index (χ2v) is 5.85. The van der Waals surface area contributed by atoms with Crippen LogP contribution in [0.5, 0.6) is 0 Å². The third-order valence-electron chi connectivity index (χ3n) is 3.74. The van der Waals surface area contributed by atoms with Crippen LogP contribution in [0.4, 0.5) is 0 Å². The van der Waals surface area contributed by atoms with E-state index >= 15 is 0 Å². The van der Waals surface area contributed by atoms with Crippen LogP contribution in [0.1, 0.15) is 17.8 Å². The van der Waals surface area contributed by atoms with Crippen LogP contribution < -0.4 is 0 Å². The molecule has 116 valence electrons. The first-order valence-electron chi connectivity index (χ1n) is 7.47. The van der Waals surface area contributed by atoms with E-state index in [2.05, 4.69) is 19.8 Å². The molecule has 0 N–H and O–H groups in total. The molecule has 1 aromatic rings. The fourth-order valence-electron chi connectivity index (χ4n) is 2.39. The molecule has 0 radical (unpaired) electrons. The van der Waals surface area contributed by atoms with Gasteiger partial charge in [0.1, 0.15) is 5.82 Å². The van der Waals surface area contributed by atoms with E-state index in [9.17, 15) is 4.79 Å². The van der Waals surface area contributed by atoms with E-state index in [1.54, 1.807) is 0 Å². The molecule has 1 amide bonds. The van der Waals surface area contributed by atoms with Gasteiger partial charge in [0.05, 0.1) is 0 Å². The first-order chi connectivity index (χ1) is 10.0. The summed E-state index contributed by atoms with van der Waals surface area (Å²) in [6, 6.07) is 0. The molecule has 2 rings (SSSR count). The normalized spacial score (nSPS) is 17.3. The van der Waals surface area contributed by atoms with E-state index in [1.165, 1.54) is 0 Å². The Hall–Kier alpha value is -1.53. The van der Waals surface area contributed by atoms with E-state index in [0.29, 0.717) is 6.42 Å². The van der Waals surface area contributed by atoms with Crippen molar-refractivity contribution >= 4 is 5.91 Å². The van der Waals surface area contributed by atoms with Crippen LogP contribution in [0.2, 0.25) is 0 Å². The van der Waals surface area contributed by atoms with Crippen molar-refractivity contribution < 1.29 is 4.79 Å². The van der Waals surface area contributed by atoms with Gasteiger partial charge in [0.25, 0.3) is 0 Å². The average Bonchev–Trinajstić information content (AvgIpc) is 2.62. The SMILES string of the molecule is Cc1ncc(CN2CCC(=O)N(CCN(C)C)CC2)cn1. The summed E-state index contributed by atoms with van der Waals surface area (Å²) in [5.74, 6) is 1.05. The van der Waals surface area contributed by atoms with Crippen molar-refractivity contribution in [3.8, 4) is 0 Å². The minimum Gasteiger partial charge on any atom is -0.340 e. The summed E-state index contributed by atoms with van der Waals surface area (Å²) in [5.41, 5.74) is 1.11. The standard InChI is InChI=1S/C15H25N5O/c1-13-16-10-14(11-17-13)12-19-5-4-15(21)20(9-7-19)8-6-18(2)3/h10-11H,4-9,12H2,1-3H3. The molecule has 0 aliphatic carbocycles. The molecule has 1 saturated heterocycles. The van der Waals surface area contributed by atoms with E-state index in [4.69, 9.17) is 0 Å². The Labute approximate surface area is 126 Å². The molecule has 1 aromatic heterocycles. The minimum absolute atomic E-state index is 0.263. The Morgan fingerprint density at radius 1 is 1.19 bits per heavy atom. The zero-order chi connectivity index (χ0) is 15.2. The maximum absolute atomic E-state index is 12.1. The van der Waals surface area contributed by atoms with Crippen LogP contribution in [-0.4, -0.2) is 77.4 Å². The molecule has 0 unspecified atom stereocenters. The molecule has 21 heavy (non-hydrogen) atoms. The van der Waals surface area contributed by atoms with Crippen molar-refractivity contribution in [1.82, 2.24) is 24.7 Å². The summed E-state index contributed by atoms with van der Waals surface area (Å²) < 4.78 is 0. The number of carbonyl (C=O) groups is 1. The maximum atomic E-state index is 12.1. The molecular formula is C15H25N5O. The average molecular weight is 291 g/mol. The molecule has 0 bridgehead atoms. The van der Waals surface area contributed by atoms with Gasteiger partial charge in [0, 0.05) is 63.6 Å². The number of hydrogen-bond donors (Lipinski definition) is 0. The van der Waals surface area contributed by atoms with Crippen LogP contribution in [-0.2, 0) is 11.3 Å². The van der Waals surface area contributed by atoms with Crippen molar-refractivity contribution in [1.29, 1.82) is 0 Å². The van der Waals surface area contributed by atoms with Gasteiger partial charge in [-0.25, -0.2) is 9.97 Å². The fraction of sp³-hybridized carbons (Fsp3) is 0.667. The zero-order valence-electron chi connectivity index (χ0n) is 13.2. The molecule has 1 aliphatic rings. The van der Waals surface area contributed by atoms with E-state index < -0.39 is 0 Å². The third kappa shape index (κ3) is 5.06. The molecule has 0 saturated carbocycles. The highest BCUT2D eigenvalue weighted by Crippen LogP contribution is 2.09. The number of hydrogen-bond acceptors (Lipinski definition) is 5. The van der Waals surface area contributed by atoms with Crippen LogP contribution in [0.3, 0.4) is 0 Å². The third-order valence-corrected chi connectivity index (χ3v) is 3.74. The van der Waals surface area contributed by atoms with Crippen LogP contribution in [0, 0.1) is 6.92 Å². The quantitative estimate of drug-likeness (QED) is 0.785. The minimum atomic E-state index is 0.263. The molecule has 1 aliphatic heterocycles. The largest absolute Gasteiger partial charge is 0.340 e. The fourth-order valence-corrected chi connectivity index (χ4v) is 2.39. The molecule has 0 atom stereocenters. The van der Waals surface area contributed by atoms with Crippen molar-refractivity contribution in [2.45, 2.75) is 19.9 Å². The lowest BCUT2D eigenvalue weighted by Crippen LogP contribution is -2.37. The number of likely N-dealkylation sites (N-methyl/N-ethyl adjacent to an activating group) is 1. The van der Waals surface area contributed by atoms with Gasteiger partial charge >= 0.3 is 0 Å². The summed E-state index contributed by atoms with van der Waals surface area (Å²) in [5, 5.41) is 0. The van der Waals surface area contributed by atoms with Crippen LogP contribution in [0.15, 0.2) is 12.4 Å². The van der Waals surface area contributed by atoms with E-state index in [1.807, 2.05) is 38.3 Å². The Kier molecular flexibility index (Phi) is 5.64. The molecule has 2 heterocycles. The van der Waals surface area contributed by atoms with E-state index in [0.717, 1.165) is 50.7 Å². The highest BCUT2D eigenvalue weighted by Gasteiger charge is 2.20. The van der Waals surface area contributed by atoms with Gasteiger partial charge in [-0.2, -0.15) is 0 Å². The smallest absolute Gasteiger partial charge is 0.223 e. The van der Waals surface area contributed by atoms with Gasteiger partial charge in [-0.15, -0.1) is 0 Å². The summed E-state index contributed by atoms with van der Waals surface area (Å²) in [4.78, 5) is 27.0. The Morgan fingerprint density at radius 3 is 2.57 bits per heavy atom. The predicted octanol–water partition coefficient (Wildman–Crippen LogP) is 0.381. The van der Waals surface area contributed by atoms with Crippen molar-refractivity contribution in [3.63, 3.8) is 0 Å². The van der Waals surface area contributed by atoms with Crippen molar-refractivity contribution in [2.24, 2.45) is 0 Å². The maximum Gasteiger partial charge on any atom is 0.223 e. The number of aryl methyl sites for hydroxylation is 1. The molecule has 0 spiro atoms. The van der Waals surface area contributed by atoms with Gasteiger partial charge in [0.15, 0.2) is 0 Å². The van der Waals surface area contributed by atoms with Gasteiger partial charge in [0.2, 0.25) is 5.91 Å². The lowest BCUT2D eigenvalue weighted by molar-refractivity contribution is -0.130. The number of amides is 1. The summed E-state index contributed by atoms with van der Waals surface area (Å²) in [6.45, 7) is 6.95. The predicted molar refractivity (Wildman–Crippen MR) is 81.8 cm³/mol. The number of nitrogens with zero attached hydrogens (tertiary/aromatic N) is 5. The topological polar surface area (TPSA) is 52.6 Å². The zero-order valence-corrected chi connectivity index (χ0v) is 13.2. The van der Waals surface area contributed by atoms with Gasteiger partial charge < -0.3 is 9.80 Å². The highest BCUT2D eigenvalue weighted by atomic mass is 16.2. The Balaban J connectivity index is 1.87. The van der Waals surface area contributed by atoms with Crippen molar-refractivity contribution in [3.05, 3.63) is 23.8 Å². The second-order valence-electron chi connectivity index (χ2n) is 5.85. The number of aromatic nitrogens is 2. The number of rotatable bonds is 5. The summed E-state index contributed by atoms with van der Waals surface area (Å²) in [6.07, 6.45) is 4.35. The highest BCUT2D eigenvalue weighted by molar-refractivity contribution is 5.76. The lowest BCUT2D eigenvalue weighted by atomic mass is 10.3. The first kappa shape index (κ1) is 15.9. The van der Waals surface area contributed by atoms with Gasteiger partial charge in [-0.1, -0.05) is 0 Å². The van der Waals surface area contributed by atoms with Gasteiger partial charge in [-0.3, -0.25) is 9.69 Å². The van der Waals surface area contributed by atoms with E-state index in [-0.39, 0.29) is 5.91 Å². The van der Waals surface area contributed by atoms with Crippen LogP contribution in [0.25, 0.3) is 0 Å². The number of carbonyl (C=O) groups excluding carboxylic acids is 1. The summed E-state index contributed by atoms with van der Waals surface area (Å²) >= 11 is 0.